The molecule has 0 aliphatic carbocycles. The number of carbonyl (C=O) groups is 2. The van der Waals surface area contributed by atoms with Crippen molar-refractivity contribution in [1.82, 2.24) is 0 Å². The molecule has 3 nitrogen and oxygen atoms in total. The maximum Gasteiger partial charge on any atom is 0.299 e. The fourth-order valence-corrected chi connectivity index (χ4v) is 2.93. The van der Waals surface area contributed by atoms with Gasteiger partial charge in [-0.05, 0) is 35.9 Å². The number of rotatable bonds is 2. The summed E-state index contributed by atoms with van der Waals surface area (Å²) in [7, 11) is 0. The van der Waals surface area contributed by atoms with E-state index in [-0.39, 0.29) is 6.54 Å². The van der Waals surface area contributed by atoms with E-state index in [4.69, 9.17) is 23.2 Å². The van der Waals surface area contributed by atoms with Gasteiger partial charge in [-0.25, -0.2) is 0 Å². The van der Waals surface area contributed by atoms with Gasteiger partial charge in [-0.3, -0.25) is 9.59 Å². The standard InChI is InChI=1S/C15H8BrCl2NO2/c16-9-2-4-13-10(6-9)14(20)15(21)19(13)7-8-1-3-11(17)12(18)5-8/h1-6H,7H2. The van der Waals surface area contributed by atoms with Gasteiger partial charge >= 0.3 is 0 Å². The van der Waals surface area contributed by atoms with Crippen molar-refractivity contribution in [2.45, 2.75) is 6.54 Å². The summed E-state index contributed by atoms with van der Waals surface area (Å²) in [5.74, 6) is -1.03. The number of anilines is 1. The minimum Gasteiger partial charge on any atom is -0.300 e. The van der Waals surface area contributed by atoms with Gasteiger partial charge in [-0.2, -0.15) is 0 Å². The Balaban J connectivity index is 1.98. The predicted octanol–water partition coefficient (Wildman–Crippen LogP) is 4.49. The molecule has 0 saturated carbocycles. The monoisotopic (exact) mass is 383 g/mol. The summed E-state index contributed by atoms with van der Waals surface area (Å²) in [4.78, 5) is 25.6. The molecule has 1 aliphatic heterocycles. The highest BCUT2D eigenvalue weighted by Crippen LogP contribution is 2.33. The van der Waals surface area contributed by atoms with Gasteiger partial charge in [-0.15, -0.1) is 0 Å². The zero-order chi connectivity index (χ0) is 15.1. The van der Waals surface area contributed by atoms with Crippen molar-refractivity contribution in [2.24, 2.45) is 0 Å². The predicted molar refractivity (Wildman–Crippen MR) is 86.1 cm³/mol. The lowest BCUT2D eigenvalue weighted by molar-refractivity contribution is -0.114. The Morgan fingerprint density at radius 3 is 2.48 bits per heavy atom. The van der Waals surface area contributed by atoms with Crippen molar-refractivity contribution in [2.75, 3.05) is 4.90 Å². The number of Topliss-reactive ketones (excluding diaryl/α,β-unsaturated/α-hetero) is 1. The second-order valence-corrected chi connectivity index (χ2v) is 6.36. The normalized spacial score (nSPS) is 13.8. The van der Waals surface area contributed by atoms with Crippen LogP contribution in [0.3, 0.4) is 0 Å². The van der Waals surface area contributed by atoms with Crippen molar-refractivity contribution in [3.05, 3.63) is 62.0 Å². The van der Waals surface area contributed by atoms with Gasteiger partial charge in [0.15, 0.2) is 0 Å². The Labute approximate surface area is 139 Å². The van der Waals surface area contributed by atoms with Crippen LogP contribution in [0.4, 0.5) is 5.69 Å². The zero-order valence-corrected chi connectivity index (χ0v) is 13.7. The number of hydrogen-bond acceptors (Lipinski definition) is 2. The van der Waals surface area contributed by atoms with Gasteiger partial charge in [0.25, 0.3) is 11.7 Å². The summed E-state index contributed by atoms with van der Waals surface area (Å²) in [5, 5.41) is 0.872. The fraction of sp³-hybridized carbons (Fsp3) is 0.0667. The first-order valence-corrected chi connectivity index (χ1v) is 7.62. The highest BCUT2D eigenvalue weighted by Gasteiger charge is 2.35. The zero-order valence-electron chi connectivity index (χ0n) is 10.6. The molecule has 0 aromatic heterocycles. The number of fused-ring (bicyclic) bond motifs is 1. The van der Waals surface area contributed by atoms with Crippen LogP contribution >= 0.6 is 39.1 Å². The first-order valence-electron chi connectivity index (χ1n) is 6.07. The Kier molecular flexibility index (Phi) is 3.78. The second-order valence-electron chi connectivity index (χ2n) is 4.63. The Hall–Kier alpha value is -1.36. The largest absolute Gasteiger partial charge is 0.300 e. The van der Waals surface area contributed by atoms with Gasteiger partial charge < -0.3 is 4.90 Å². The van der Waals surface area contributed by atoms with E-state index in [9.17, 15) is 9.59 Å². The van der Waals surface area contributed by atoms with E-state index >= 15 is 0 Å². The van der Waals surface area contributed by atoms with Crippen LogP contribution in [0.15, 0.2) is 40.9 Å². The van der Waals surface area contributed by atoms with Crippen molar-refractivity contribution < 1.29 is 9.59 Å². The van der Waals surface area contributed by atoms with E-state index < -0.39 is 11.7 Å². The molecule has 0 unspecified atom stereocenters. The lowest BCUT2D eigenvalue weighted by Crippen LogP contribution is -2.29. The van der Waals surface area contributed by atoms with Gasteiger partial charge in [0.2, 0.25) is 0 Å². The number of halogens is 3. The number of hydrogen-bond donors (Lipinski definition) is 0. The van der Waals surface area contributed by atoms with E-state index in [0.717, 1.165) is 10.0 Å². The van der Waals surface area contributed by atoms with E-state index in [1.807, 2.05) is 0 Å². The molecule has 0 fully saturated rings. The molecule has 2 aromatic carbocycles. The van der Waals surface area contributed by atoms with Gasteiger partial charge in [0.05, 0.1) is 27.8 Å². The van der Waals surface area contributed by atoms with Gasteiger partial charge in [-0.1, -0.05) is 45.2 Å². The molecule has 6 heteroatoms. The summed E-state index contributed by atoms with van der Waals surface area (Å²) >= 11 is 15.2. The molecule has 106 valence electrons. The van der Waals surface area contributed by atoms with Gasteiger partial charge in [0.1, 0.15) is 0 Å². The van der Waals surface area contributed by atoms with Crippen molar-refractivity contribution in [3.8, 4) is 0 Å². The van der Waals surface area contributed by atoms with Crippen LogP contribution in [0.5, 0.6) is 0 Å². The molecule has 0 atom stereocenters. The number of nitrogens with zero attached hydrogens (tertiary/aromatic N) is 1. The van der Waals surface area contributed by atoms with Crippen LogP contribution < -0.4 is 4.90 Å². The Morgan fingerprint density at radius 2 is 1.76 bits per heavy atom. The average molecular weight is 385 g/mol. The minimum atomic E-state index is -0.533. The number of ketones is 1. The molecule has 0 N–H and O–H groups in total. The van der Waals surface area contributed by atoms with E-state index in [2.05, 4.69) is 15.9 Å². The van der Waals surface area contributed by atoms with Crippen molar-refractivity contribution >= 4 is 56.5 Å². The van der Waals surface area contributed by atoms with E-state index in [1.165, 1.54) is 4.90 Å². The van der Waals surface area contributed by atoms with Crippen LogP contribution in [0.1, 0.15) is 15.9 Å². The van der Waals surface area contributed by atoms with Crippen LogP contribution in [0, 0.1) is 0 Å². The van der Waals surface area contributed by atoms with Crippen LogP contribution in [-0.2, 0) is 11.3 Å². The molecule has 1 aliphatic rings. The second kappa shape index (κ2) is 5.44. The lowest BCUT2D eigenvalue weighted by Gasteiger charge is -2.17. The summed E-state index contributed by atoms with van der Waals surface area (Å²) in [5.41, 5.74) is 1.83. The molecule has 1 amide bonds. The summed E-state index contributed by atoms with van der Waals surface area (Å²) in [6.45, 7) is 0.274. The molecular formula is C15H8BrCl2NO2. The van der Waals surface area contributed by atoms with E-state index in [0.29, 0.717) is 21.3 Å². The molecular weight excluding hydrogens is 377 g/mol. The van der Waals surface area contributed by atoms with Crippen molar-refractivity contribution in [3.63, 3.8) is 0 Å². The molecule has 0 radical (unpaired) electrons. The van der Waals surface area contributed by atoms with Gasteiger partial charge in [0, 0.05) is 4.47 Å². The molecule has 3 rings (SSSR count). The third-order valence-corrected chi connectivity index (χ3v) is 4.49. The summed E-state index contributed by atoms with van der Waals surface area (Å²) in [6, 6.07) is 10.3. The quantitative estimate of drug-likeness (QED) is 0.715. The smallest absolute Gasteiger partial charge is 0.299 e. The SMILES string of the molecule is O=C1C(=O)N(Cc2ccc(Cl)c(Cl)c2)c2ccc(Br)cc21. The molecule has 0 spiro atoms. The highest BCUT2D eigenvalue weighted by atomic mass is 79.9. The highest BCUT2D eigenvalue weighted by molar-refractivity contribution is 9.10. The lowest BCUT2D eigenvalue weighted by atomic mass is 10.1. The number of amides is 1. The average Bonchev–Trinajstić information content (AvgIpc) is 2.68. The molecule has 21 heavy (non-hydrogen) atoms. The fourth-order valence-electron chi connectivity index (χ4n) is 2.25. The molecule has 0 saturated heterocycles. The van der Waals surface area contributed by atoms with Crippen LogP contribution in [-0.4, -0.2) is 11.7 Å². The first-order chi connectivity index (χ1) is 9.97. The summed E-state index contributed by atoms with van der Waals surface area (Å²) in [6.07, 6.45) is 0. The maximum atomic E-state index is 12.1. The van der Waals surface area contributed by atoms with E-state index in [1.54, 1.807) is 36.4 Å². The molecule has 2 aromatic rings. The Bertz CT molecular complexity index is 776. The number of benzene rings is 2. The minimum absolute atomic E-state index is 0.274. The maximum absolute atomic E-state index is 12.1. The third kappa shape index (κ3) is 2.59. The third-order valence-electron chi connectivity index (χ3n) is 3.26. The van der Waals surface area contributed by atoms with Crippen LogP contribution in [0.2, 0.25) is 10.0 Å². The van der Waals surface area contributed by atoms with Crippen LogP contribution in [0.25, 0.3) is 0 Å². The first kappa shape index (κ1) is 14.6. The molecule has 0 bridgehead atoms. The molecule has 1 heterocycles. The number of carbonyl (C=O) groups excluding carboxylic acids is 2. The topological polar surface area (TPSA) is 37.4 Å². The van der Waals surface area contributed by atoms with Crippen molar-refractivity contribution in [1.29, 1.82) is 0 Å². The summed E-state index contributed by atoms with van der Waals surface area (Å²) < 4.78 is 0.763. The Morgan fingerprint density at radius 1 is 1.00 bits per heavy atom.